The molecule has 0 radical (unpaired) electrons. The predicted molar refractivity (Wildman–Crippen MR) is 63.5 cm³/mol. The van der Waals surface area contributed by atoms with Gasteiger partial charge >= 0.3 is 5.97 Å². The predicted octanol–water partition coefficient (Wildman–Crippen LogP) is 2.10. The standard InChI is InChI=1S/C13H17NO3/c1-4-17-13(16)11(9(2)3)12(15)10-6-5-7-14-8-10/h5-9,11H,4H2,1-3H3. The van der Waals surface area contributed by atoms with E-state index in [0.29, 0.717) is 5.56 Å². The van der Waals surface area contributed by atoms with Crippen molar-refractivity contribution >= 4 is 11.8 Å². The quantitative estimate of drug-likeness (QED) is 0.445. The molecule has 0 N–H and O–H groups in total. The number of hydrogen-bond acceptors (Lipinski definition) is 4. The van der Waals surface area contributed by atoms with Crippen LogP contribution in [-0.4, -0.2) is 23.3 Å². The average Bonchev–Trinajstić information content (AvgIpc) is 2.30. The van der Waals surface area contributed by atoms with E-state index in [0.717, 1.165) is 0 Å². The third-order valence-electron chi connectivity index (χ3n) is 2.44. The van der Waals surface area contributed by atoms with Gasteiger partial charge in [-0.1, -0.05) is 13.8 Å². The number of carbonyl (C=O) groups excluding carboxylic acids is 2. The highest BCUT2D eigenvalue weighted by molar-refractivity contribution is 6.08. The zero-order valence-electron chi connectivity index (χ0n) is 10.3. The van der Waals surface area contributed by atoms with Gasteiger partial charge in [-0.05, 0) is 25.0 Å². The van der Waals surface area contributed by atoms with E-state index < -0.39 is 11.9 Å². The minimum Gasteiger partial charge on any atom is -0.465 e. The molecule has 0 aliphatic heterocycles. The number of pyridine rings is 1. The maximum absolute atomic E-state index is 12.2. The number of nitrogens with zero attached hydrogens (tertiary/aromatic N) is 1. The zero-order valence-corrected chi connectivity index (χ0v) is 10.3. The number of hydrogen-bond donors (Lipinski definition) is 0. The van der Waals surface area contributed by atoms with Crippen LogP contribution in [0, 0.1) is 11.8 Å². The fourth-order valence-electron chi connectivity index (χ4n) is 1.60. The Morgan fingerprint density at radius 1 is 1.41 bits per heavy atom. The molecule has 0 aromatic carbocycles. The van der Waals surface area contributed by atoms with Gasteiger partial charge < -0.3 is 4.74 Å². The first-order valence-electron chi connectivity index (χ1n) is 5.68. The second-order valence-electron chi connectivity index (χ2n) is 4.08. The molecule has 4 heteroatoms. The molecule has 0 fully saturated rings. The van der Waals surface area contributed by atoms with Gasteiger partial charge in [-0.3, -0.25) is 14.6 Å². The van der Waals surface area contributed by atoms with Crippen LogP contribution in [0.3, 0.4) is 0 Å². The average molecular weight is 235 g/mol. The number of rotatable bonds is 5. The van der Waals surface area contributed by atoms with Gasteiger partial charge in [0.1, 0.15) is 5.92 Å². The van der Waals surface area contributed by atoms with Gasteiger partial charge in [0.15, 0.2) is 5.78 Å². The van der Waals surface area contributed by atoms with Gasteiger partial charge in [-0.2, -0.15) is 0 Å². The van der Waals surface area contributed by atoms with Crippen molar-refractivity contribution in [2.45, 2.75) is 20.8 Å². The number of ether oxygens (including phenoxy) is 1. The van der Waals surface area contributed by atoms with Crippen LogP contribution in [-0.2, 0) is 9.53 Å². The third kappa shape index (κ3) is 3.37. The molecule has 1 atom stereocenters. The summed E-state index contributed by atoms with van der Waals surface area (Å²) in [5.41, 5.74) is 0.444. The molecule has 0 aliphatic rings. The lowest BCUT2D eigenvalue weighted by Crippen LogP contribution is -2.30. The molecule has 1 heterocycles. The molecule has 0 bridgehead atoms. The molecule has 17 heavy (non-hydrogen) atoms. The van der Waals surface area contributed by atoms with Crippen molar-refractivity contribution in [3.05, 3.63) is 30.1 Å². The molecule has 92 valence electrons. The molecule has 0 saturated carbocycles. The van der Waals surface area contributed by atoms with Crippen molar-refractivity contribution in [3.8, 4) is 0 Å². The summed E-state index contributed by atoms with van der Waals surface area (Å²) in [7, 11) is 0. The highest BCUT2D eigenvalue weighted by atomic mass is 16.5. The summed E-state index contributed by atoms with van der Waals surface area (Å²) in [5, 5.41) is 0. The molecule has 1 rings (SSSR count). The number of carbonyl (C=O) groups is 2. The van der Waals surface area contributed by atoms with Crippen molar-refractivity contribution in [2.24, 2.45) is 11.8 Å². The normalized spacial score (nSPS) is 12.2. The van der Waals surface area contributed by atoms with Crippen LogP contribution in [0.5, 0.6) is 0 Å². The topological polar surface area (TPSA) is 56.3 Å². The smallest absolute Gasteiger partial charge is 0.317 e. The first-order valence-corrected chi connectivity index (χ1v) is 5.68. The number of esters is 1. The monoisotopic (exact) mass is 235 g/mol. The third-order valence-corrected chi connectivity index (χ3v) is 2.44. The van der Waals surface area contributed by atoms with Crippen molar-refractivity contribution < 1.29 is 14.3 Å². The summed E-state index contributed by atoms with van der Waals surface area (Å²) in [6.45, 7) is 5.66. The van der Waals surface area contributed by atoms with Crippen molar-refractivity contribution in [3.63, 3.8) is 0 Å². The Bertz CT molecular complexity index is 387. The van der Waals surface area contributed by atoms with Crippen molar-refractivity contribution in [1.29, 1.82) is 0 Å². The molecule has 4 nitrogen and oxygen atoms in total. The van der Waals surface area contributed by atoms with Crippen LogP contribution in [0.15, 0.2) is 24.5 Å². The molecular formula is C13H17NO3. The Balaban J connectivity index is 2.92. The van der Waals surface area contributed by atoms with Crippen LogP contribution < -0.4 is 0 Å². The molecule has 0 amide bonds. The van der Waals surface area contributed by atoms with E-state index in [4.69, 9.17) is 4.74 Å². The van der Waals surface area contributed by atoms with Gasteiger partial charge in [-0.15, -0.1) is 0 Å². The summed E-state index contributed by atoms with van der Waals surface area (Å²) >= 11 is 0. The highest BCUT2D eigenvalue weighted by Gasteiger charge is 2.31. The first kappa shape index (κ1) is 13.4. The van der Waals surface area contributed by atoms with Crippen LogP contribution in [0.2, 0.25) is 0 Å². The lowest BCUT2D eigenvalue weighted by atomic mass is 9.88. The highest BCUT2D eigenvalue weighted by Crippen LogP contribution is 2.18. The number of aromatic nitrogens is 1. The maximum Gasteiger partial charge on any atom is 0.317 e. The number of ketones is 1. The van der Waals surface area contributed by atoms with Crippen molar-refractivity contribution in [2.75, 3.05) is 6.61 Å². The van der Waals surface area contributed by atoms with Crippen LogP contribution >= 0.6 is 0 Å². The lowest BCUT2D eigenvalue weighted by Gasteiger charge is -2.17. The van der Waals surface area contributed by atoms with Gasteiger partial charge in [-0.25, -0.2) is 0 Å². The fraction of sp³-hybridized carbons (Fsp3) is 0.462. The molecular weight excluding hydrogens is 218 g/mol. The van der Waals surface area contributed by atoms with E-state index in [9.17, 15) is 9.59 Å². The van der Waals surface area contributed by atoms with Crippen LogP contribution in [0.1, 0.15) is 31.1 Å². The summed E-state index contributed by atoms with van der Waals surface area (Å²) < 4.78 is 4.93. The van der Waals surface area contributed by atoms with E-state index in [1.54, 1.807) is 25.3 Å². The Morgan fingerprint density at radius 2 is 2.12 bits per heavy atom. The summed E-state index contributed by atoms with van der Waals surface area (Å²) in [5.74, 6) is -1.54. The SMILES string of the molecule is CCOC(=O)C(C(=O)c1cccnc1)C(C)C. The van der Waals surface area contributed by atoms with Gasteiger partial charge in [0.25, 0.3) is 0 Å². The molecule has 0 spiro atoms. The fourth-order valence-corrected chi connectivity index (χ4v) is 1.60. The van der Waals surface area contributed by atoms with Gasteiger partial charge in [0.2, 0.25) is 0 Å². The minimum atomic E-state index is -0.751. The second kappa shape index (κ2) is 6.13. The second-order valence-corrected chi connectivity index (χ2v) is 4.08. The first-order chi connectivity index (χ1) is 8.07. The molecule has 1 aromatic heterocycles. The Kier molecular flexibility index (Phi) is 4.82. The van der Waals surface area contributed by atoms with E-state index in [2.05, 4.69) is 4.98 Å². The summed E-state index contributed by atoms with van der Waals surface area (Å²) in [4.78, 5) is 27.8. The number of Topliss-reactive ketones (excluding diaryl/α,β-unsaturated/α-hetero) is 1. The molecule has 0 aliphatic carbocycles. The summed E-state index contributed by atoms with van der Waals surface area (Å²) in [6.07, 6.45) is 3.06. The van der Waals surface area contributed by atoms with E-state index in [1.807, 2.05) is 13.8 Å². The van der Waals surface area contributed by atoms with Crippen LogP contribution in [0.25, 0.3) is 0 Å². The maximum atomic E-state index is 12.2. The Morgan fingerprint density at radius 3 is 2.59 bits per heavy atom. The van der Waals surface area contributed by atoms with E-state index in [-0.39, 0.29) is 18.3 Å². The van der Waals surface area contributed by atoms with Crippen molar-refractivity contribution in [1.82, 2.24) is 4.98 Å². The molecule has 0 saturated heterocycles. The van der Waals surface area contributed by atoms with Gasteiger partial charge in [0, 0.05) is 18.0 Å². The Labute approximate surface area is 101 Å². The Hall–Kier alpha value is -1.71. The zero-order chi connectivity index (χ0) is 12.8. The van der Waals surface area contributed by atoms with Gasteiger partial charge in [0.05, 0.1) is 6.61 Å². The lowest BCUT2D eigenvalue weighted by molar-refractivity contribution is -0.147. The summed E-state index contributed by atoms with van der Waals surface area (Å²) in [6, 6.07) is 3.33. The van der Waals surface area contributed by atoms with Crippen LogP contribution in [0.4, 0.5) is 0 Å². The van der Waals surface area contributed by atoms with E-state index >= 15 is 0 Å². The molecule has 1 aromatic rings. The van der Waals surface area contributed by atoms with E-state index in [1.165, 1.54) is 6.20 Å². The molecule has 1 unspecified atom stereocenters. The minimum absolute atomic E-state index is 0.0956. The largest absolute Gasteiger partial charge is 0.465 e.